The van der Waals surface area contributed by atoms with Crippen LogP contribution in [-0.4, -0.2) is 27.6 Å². The number of aromatic nitrogens is 2. The fourth-order valence-corrected chi connectivity index (χ4v) is 3.21. The summed E-state index contributed by atoms with van der Waals surface area (Å²) in [4.78, 5) is 24.0. The van der Waals surface area contributed by atoms with E-state index >= 15 is 0 Å². The number of hydrogen-bond donors (Lipinski definition) is 2. The monoisotopic (exact) mass is 338 g/mol. The van der Waals surface area contributed by atoms with Crippen LogP contribution in [0.4, 0.5) is 5.69 Å². The van der Waals surface area contributed by atoms with Gasteiger partial charge in [-0.25, -0.2) is 0 Å². The third-order valence-corrected chi connectivity index (χ3v) is 4.45. The Morgan fingerprint density at radius 1 is 1.28 bits per heavy atom. The summed E-state index contributed by atoms with van der Waals surface area (Å²) in [6, 6.07) is 9.88. The molecule has 1 aliphatic carbocycles. The van der Waals surface area contributed by atoms with Gasteiger partial charge in [0, 0.05) is 12.2 Å². The number of amides is 2. The SMILES string of the molecule is C=CC(=O)N[C@@H]1CCC[C@H]1C(=O)Nc1cnn(Cc2ccccc2)c1. The van der Waals surface area contributed by atoms with Crippen molar-refractivity contribution in [1.82, 2.24) is 15.1 Å². The smallest absolute Gasteiger partial charge is 0.243 e. The summed E-state index contributed by atoms with van der Waals surface area (Å²) in [7, 11) is 0. The third-order valence-electron chi connectivity index (χ3n) is 4.45. The average molecular weight is 338 g/mol. The van der Waals surface area contributed by atoms with Crippen molar-refractivity contribution in [3.05, 3.63) is 60.9 Å². The summed E-state index contributed by atoms with van der Waals surface area (Å²) in [6.07, 6.45) is 7.20. The van der Waals surface area contributed by atoms with E-state index in [-0.39, 0.29) is 23.8 Å². The van der Waals surface area contributed by atoms with Crippen molar-refractivity contribution in [2.24, 2.45) is 5.92 Å². The van der Waals surface area contributed by atoms with Gasteiger partial charge in [0.25, 0.3) is 0 Å². The Labute approximate surface area is 146 Å². The second kappa shape index (κ2) is 7.79. The highest BCUT2D eigenvalue weighted by atomic mass is 16.2. The van der Waals surface area contributed by atoms with Crippen LogP contribution in [0, 0.1) is 5.92 Å². The largest absolute Gasteiger partial charge is 0.349 e. The number of nitrogens with one attached hydrogen (secondary N) is 2. The van der Waals surface area contributed by atoms with Crippen LogP contribution < -0.4 is 10.6 Å². The van der Waals surface area contributed by atoms with Crippen LogP contribution in [0.25, 0.3) is 0 Å². The van der Waals surface area contributed by atoms with E-state index in [0.29, 0.717) is 12.2 Å². The fourth-order valence-electron chi connectivity index (χ4n) is 3.21. The van der Waals surface area contributed by atoms with E-state index in [1.54, 1.807) is 10.9 Å². The minimum absolute atomic E-state index is 0.0777. The van der Waals surface area contributed by atoms with E-state index in [4.69, 9.17) is 0 Å². The molecular weight excluding hydrogens is 316 g/mol. The van der Waals surface area contributed by atoms with E-state index in [1.807, 2.05) is 36.5 Å². The van der Waals surface area contributed by atoms with Gasteiger partial charge in [-0.05, 0) is 24.5 Å². The second-order valence-corrected chi connectivity index (χ2v) is 6.26. The maximum Gasteiger partial charge on any atom is 0.243 e. The molecule has 6 heteroatoms. The minimum Gasteiger partial charge on any atom is -0.349 e. The standard InChI is InChI=1S/C19H22N4O2/c1-2-18(24)22-17-10-6-9-16(17)19(25)21-15-11-20-23(13-15)12-14-7-4-3-5-8-14/h2-5,7-8,11,13,16-17H,1,6,9-10,12H2,(H,21,25)(H,22,24)/t16-,17-/m1/s1. The summed E-state index contributed by atoms with van der Waals surface area (Å²) in [6.45, 7) is 4.10. The molecule has 1 fully saturated rings. The average Bonchev–Trinajstić information content (AvgIpc) is 3.25. The van der Waals surface area contributed by atoms with E-state index in [9.17, 15) is 9.59 Å². The van der Waals surface area contributed by atoms with Crippen molar-refractivity contribution in [2.75, 3.05) is 5.32 Å². The summed E-state index contributed by atoms with van der Waals surface area (Å²) in [5, 5.41) is 10.0. The highest BCUT2D eigenvalue weighted by molar-refractivity contribution is 5.94. The molecule has 2 amide bonds. The lowest BCUT2D eigenvalue weighted by Crippen LogP contribution is -2.41. The summed E-state index contributed by atoms with van der Waals surface area (Å²) < 4.78 is 1.79. The molecule has 3 rings (SSSR count). The molecule has 130 valence electrons. The summed E-state index contributed by atoms with van der Waals surface area (Å²) in [5.74, 6) is -0.534. The van der Waals surface area contributed by atoms with Gasteiger partial charge >= 0.3 is 0 Å². The molecule has 0 unspecified atom stereocenters. The van der Waals surface area contributed by atoms with E-state index in [1.165, 1.54) is 6.08 Å². The molecule has 0 spiro atoms. The quantitative estimate of drug-likeness (QED) is 0.794. The molecule has 1 heterocycles. The molecule has 2 N–H and O–H groups in total. The molecule has 0 bridgehead atoms. The molecule has 1 saturated carbocycles. The van der Waals surface area contributed by atoms with E-state index in [0.717, 1.165) is 24.8 Å². The predicted octanol–water partition coefficient (Wildman–Crippen LogP) is 2.34. The third kappa shape index (κ3) is 4.35. The highest BCUT2D eigenvalue weighted by Crippen LogP contribution is 2.27. The topological polar surface area (TPSA) is 76.0 Å². The molecular formula is C19H22N4O2. The second-order valence-electron chi connectivity index (χ2n) is 6.26. The van der Waals surface area contributed by atoms with Crippen molar-refractivity contribution in [1.29, 1.82) is 0 Å². The van der Waals surface area contributed by atoms with Gasteiger partial charge in [0.2, 0.25) is 11.8 Å². The molecule has 0 saturated heterocycles. The molecule has 0 aliphatic heterocycles. The Morgan fingerprint density at radius 3 is 2.84 bits per heavy atom. The van der Waals surface area contributed by atoms with Crippen molar-refractivity contribution in [3.8, 4) is 0 Å². The van der Waals surface area contributed by atoms with Crippen molar-refractivity contribution in [2.45, 2.75) is 31.8 Å². The molecule has 2 atom stereocenters. The summed E-state index contributed by atoms with van der Waals surface area (Å²) in [5.41, 5.74) is 1.81. The number of rotatable bonds is 6. The Morgan fingerprint density at radius 2 is 2.08 bits per heavy atom. The van der Waals surface area contributed by atoms with E-state index < -0.39 is 0 Å². The Balaban J connectivity index is 1.59. The number of nitrogens with zero attached hydrogens (tertiary/aromatic N) is 2. The van der Waals surface area contributed by atoms with Crippen molar-refractivity contribution >= 4 is 17.5 Å². The number of anilines is 1. The fraction of sp³-hybridized carbons (Fsp3) is 0.316. The molecule has 0 radical (unpaired) electrons. The first-order valence-corrected chi connectivity index (χ1v) is 8.46. The zero-order valence-corrected chi connectivity index (χ0v) is 14.0. The van der Waals surface area contributed by atoms with Gasteiger partial charge in [0.15, 0.2) is 0 Å². The molecule has 2 aromatic rings. The van der Waals surface area contributed by atoms with Gasteiger partial charge in [0.05, 0.1) is 24.3 Å². The Bertz CT molecular complexity index is 754. The first kappa shape index (κ1) is 17.0. The van der Waals surface area contributed by atoms with Gasteiger partial charge < -0.3 is 10.6 Å². The van der Waals surface area contributed by atoms with Gasteiger partial charge in [-0.2, -0.15) is 5.10 Å². The lowest BCUT2D eigenvalue weighted by molar-refractivity contribution is -0.121. The van der Waals surface area contributed by atoms with E-state index in [2.05, 4.69) is 22.3 Å². The van der Waals surface area contributed by atoms with Crippen LogP contribution >= 0.6 is 0 Å². The first-order chi connectivity index (χ1) is 12.2. The number of carbonyl (C=O) groups excluding carboxylic acids is 2. The lowest BCUT2D eigenvalue weighted by Gasteiger charge is -2.19. The zero-order chi connectivity index (χ0) is 17.6. The van der Waals surface area contributed by atoms with Crippen molar-refractivity contribution < 1.29 is 9.59 Å². The van der Waals surface area contributed by atoms with Crippen LogP contribution in [0.1, 0.15) is 24.8 Å². The maximum absolute atomic E-state index is 12.5. The van der Waals surface area contributed by atoms with Crippen LogP contribution in [0.5, 0.6) is 0 Å². The predicted molar refractivity (Wildman–Crippen MR) is 95.9 cm³/mol. The zero-order valence-electron chi connectivity index (χ0n) is 14.0. The van der Waals surface area contributed by atoms with Gasteiger partial charge in [-0.15, -0.1) is 0 Å². The van der Waals surface area contributed by atoms with Crippen LogP contribution in [0.15, 0.2) is 55.4 Å². The molecule has 6 nitrogen and oxygen atoms in total. The van der Waals surface area contributed by atoms with Gasteiger partial charge in [-0.3, -0.25) is 14.3 Å². The molecule has 1 aliphatic rings. The van der Waals surface area contributed by atoms with Gasteiger partial charge in [-0.1, -0.05) is 43.3 Å². The number of carbonyl (C=O) groups is 2. The number of benzene rings is 1. The highest BCUT2D eigenvalue weighted by Gasteiger charge is 2.33. The van der Waals surface area contributed by atoms with Crippen LogP contribution in [-0.2, 0) is 16.1 Å². The van der Waals surface area contributed by atoms with Crippen LogP contribution in [0.2, 0.25) is 0 Å². The Kier molecular flexibility index (Phi) is 5.28. The number of hydrogen-bond acceptors (Lipinski definition) is 3. The van der Waals surface area contributed by atoms with Crippen molar-refractivity contribution in [3.63, 3.8) is 0 Å². The molecule has 1 aromatic heterocycles. The van der Waals surface area contributed by atoms with Gasteiger partial charge in [0.1, 0.15) is 0 Å². The Hall–Kier alpha value is -2.89. The normalized spacial score (nSPS) is 19.4. The summed E-state index contributed by atoms with van der Waals surface area (Å²) >= 11 is 0. The first-order valence-electron chi connectivity index (χ1n) is 8.46. The lowest BCUT2D eigenvalue weighted by atomic mass is 10.0. The van der Waals surface area contributed by atoms with Crippen LogP contribution in [0.3, 0.4) is 0 Å². The minimum atomic E-state index is -0.236. The maximum atomic E-state index is 12.5. The molecule has 1 aromatic carbocycles. The molecule has 25 heavy (non-hydrogen) atoms.